The molecule has 0 saturated heterocycles. The van der Waals surface area contributed by atoms with E-state index in [9.17, 15) is 26.8 Å². The van der Waals surface area contributed by atoms with Crippen molar-refractivity contribution in [2.24, 2.45) is 11.8 Å². The summed E-state index contributed by atoms with van der Waals surface area (Å²) < 4.78 is 58.4. The van der Waals surface area contributed by atoms with Gasteiger partial charge in [-0.15, -0.1) is 0 Å². The Morgan fingerprint density at radius 3 is 2.57 bits per heavy atom. The molecule has 1 aliphatic rings. The largest absolute Gasteiger partial charge is 0.465 e. The Labute approximate surface area is 201 Å². The van der Waals surface area contributed by atoms with Gasteiger partial charge in [-0.05, 0) is 47.7 Å². The molecule has 1 saturated carbocycles. The maximum atomic E-state index is 14.8. The zero-order chi connectivity index (χ0) is 25.2. The molecule has 2 aromatic carbocycles. The third-order valence-electron chi connectivity index (χ3n) is 5.87. The first-order chi connectivity index (χ1) is 16.7. The van der Waals surface area contributed by atoms with Crippen LogP contribution in [-0.2, 0) is 25.9 Å². The molecule has 0 radical (unpaired) electrons. The molecule has 182 valence electrons. The fraction of sp³-hybridized carbons (Fsp3) is 0.240. The molecule has 2 atom stereocenters. The van der Waals surface area contributed by atoms with Gasteiger partial charge >= 0.3 is 5.97 Å². The lowest BCUT2D eigenvalue weighted by atomic mass is 9.98. The van der Waals surface area contributed by atoms with E-state index in [1.807, 2.05) is 0 Å². The molecule has 10 heteroatoms. The average Bonchev–Trinajstić information content (AvgIpc) is 3.61. The predicted octanol–water partition coefficient (Wildman–Crippen LogP) is 3.54. The quantitative estimate of drug-likeness (QED) is 0.475. The zero-order valence-corrected chi connectivity index (χ0v) is 19.5. The van der Waals surface area contributed by atoms with Crippen molar-refractivity contribution in [2.45, 2.75) is 18.0 Å². The zero-order valence-electron chi connectivity index (χ0n) is 18.7. The molecule has 0 spiro atoms. The van der Waals surface area contributed by atoms with Crippen molar-refractivity contribution in [1.82, 2.24) is 10.3 Å². The van der Waals surface area contributed by atoms with E-state index >= 15 is 0 Å². The Balaban J connectivity index is 1.39. The minimum absolute atomic E-state index is 0.0260. The van der Waals surface area contributed by atoms with Crippen molar-refractivity contribution >= 4 is 21.7 Å². The van der Waals surface area contributed by atoms with Gasteiger partial charge in [-0.25, -0.2) is 27.0 Å². The molecule has 1 aromatic heterocycles. The van der Waals surface area contributed by atoms with Gasteiger partial charge in [-0.1, -0.05) is 30.3 Å². The summed E-state index contributed by atoms with van der Waals surface area (Å²) >= 11 is 0. The molecule has 7 nitrogen and oxygen atoms in total. The van der Waals surface area contributed by atoms with E-state index in [-0.39, 0.29) is 51.4 Å². The number of amides is 1. The Hall–Kier alpha value is -3.66. The van der Waals surface area contributed by atoms with E-state index < -0.39 is 33.4 Å². The smallest absolute Gasteiger partial charge is 0.341 e. The fourth-order valence-electron chi connectivity index (χ4n) is 3.90. The molecule has 2 unspecified atom stereocenters. The molecular weight excluding hydrogens is 478 g/mol. The highest BCUT2D eigenvalue weighted by Gasteiger charge is 2.45. The predicted molar refractivity (Wildman–Crippen MR) is 123 cm³/mol. The van der Waals surface area contributed by atoms with E-state index in [0.29, 0.717) is 6.42 Å². The van der Waals surface area contributed by atoms with Crippen LogP contribution in [0.5, 0.6) is 0 Å². The second kappa shape index (κ2) is 9.91. The van der Waals surface area contributed by atoms with Crippen LogP contribution in [0.2, 0.25) is 0 Å². The Morgan fingerprint density at radius 1 is 1.09 bits per heavy atom. The highest BCUT2D eigenvalue weighted by molar-refractivity contribution is 7.91. The number of aromatic nitrogens is 1. The van der Waals surface area contributed by atoms with E-state index in [4.69, 9.17) is 0 Å². The maximum absolute atomic E-state index is 14.8. The summed E-state index contributed by atoms with van der Waals surface area (Å²) in [6, 6.07) is 12.7. The summed E-state index contributed by atoms with van der Waals surface area (Å²) in [7, 11) is -2.47. The summed E-state index contributed by atoms with van der Waals surface area (Å²) in [6.07, 6.45) is 1.82. The van der Waals surface area contributed by atoms with Gasteiger partial charge in [0.15, 0.2) is 14.9 Å². The highest BCUT2D eigenvalue weighted by Crippen LogP contribution is 2.40. The monoisotopic (exact) mass is 500 g/mol. The SMILES string of the molecule is COC(=O)c1c(F)cccc1-c1ccc(CNC(=O)C2CC2CS(=O)(=O)c2ccccn2)c(F)c1. The summed E-state index contributed by atoms with van der Waals surface area (Å²) in [6.45, 7) is -0.103. The normalized spacial score (nSPS) is 17.0. The summed E-state index contributed by atoms with van der Waals surface area (Å²) in [5.41, 5.74) is 0.355. The van der Waals surface area contributed by atoms with Gasteiger partial charge in [-0.2, -0.15) is 0 Å². The number of carbonyl (C=O) groups is 2. The number of hydrogen-bond acceptors (Lipinski definition) is 6. The van der Waals surface area contributed by atoms with E-state index in [2.05, 4.69) is 15.0 Å². The lowest BCUT2D eigenvalue weighted by Crippen LogP contribution is -2.26. The number of nitrogens with zero attached hydrogens (tertiary/aromatic N) is 1. The van der Waals surface area contributed by atoms with Crippen molar-refractivity contribution in [3.05, 3.63) is 83.6 Å². The van der Waals surface area contributed by atoms with E-state index in [0.717, 1.165) is 19.2 Å². The van der Waals surface area contributed by atoms with Crippen molar-refractivity contribution in [3.8, 4) is 11.1 Å². The van der Waals surface area contributed by atoms with E-state index in [1.165, 1.54) is 36.5 Å². The number of halogens is 2. The topological polar surface area (TPSA) is 102 Å². The number of carbonyl (C=O) groups excluding carboxylic acids is 2. The van der Waals surface area contributed by atoms with Crippen LogP contribution in [0.1, 0.15) is 22.3 Å². The maximum Gasteiger partial charge on any atom is 0.341 e. The number of rotatable bonds is 8. The van der Waals surface area contributed by atoms with Crippen LogP contribution in [0.15, 0.2) is 65.8 Å². The third-order valence-corrected chi connectivity index (χ3v) is 7.62. The van der Waals surface area contributed by atoms with Gasteiger partial charge in [-0.3, -0.25) is 4.79 Å². The molecular formula is C25H22F2N2O5S. The lowest BCUT2D eigenvalue weighted by molar-refractivity contribution is -0.122. The summed E-state index contributed by atoms with van der Waals surface area (Å²) in [5, 5.41) is 2.61. The second-order valence-corrected chi connectivity index (χ2v) is 10.2. The minimum Gasteiger partial charge on any atom is -0.465 e. The molecule has 1 N–H and O–H groups in total. The number of esters is 1. The van der Waals surface area contributed by atoms with Crippen LogP contribution >= 0.6 is 0 Å². The molecule has 3 aromatic rings. The summed E-state index contributed by atoms with van der Waals surface area (Å²) in [4.78, 5) is 28.3. The number of ether oxygens (including phenoxy) is 1. The van der Waals surface area contributed by atoms with Crippen molar-refractivity contribution in [2.75, 3.05) is 12.9 Å². The van der Waals surface area contributed by atoms with Crippen molar-refractivity contribution in [1.29, 1.82) is 0 Å². The Kier molecular flexibility index (Phi) is 6.93. The Bertz CT molecular complexity index is 1380. The molecule has 1 heterocycles. The minimum atomic E-state index is -3.59. The number of nitrogens with one attached hydrogen (secondary N) is 1. The van der Waals surface area contributed by atoms with Crippen LogP contribution in [0.3, 0.4) is 0 Å². The van der Waals surface area contributed by atoms with Crippen molar-refractivity contribution in [3.63, 3.8) is 0 Å². The average molecular weight is 501 g/mol. The first-order valence-corrected chi connectivity index (χ1v) is 12.4. The second-order valence-electron chi connectivity index (χ2n) is 8.23. The van der Waals surface area contributed by atoms with Crippen LogP contribution in [0.4, 0.5) is 8.78 Å². The molecule has 4 rings (SSSR count). The van der Waals surface area contributed by atoms with Gasteiger partial charge in [0.1, 0.15) is 17.2 Å². The molecule has 0 aliphatic heterocycles. The number of methoxy groups -OCH3 is 1. The number of pyridine rings is 1. The number of hydrogen-bond donors (Lipinski definition) is 1. The molecule has 1 aliphatic carbocycles. The van der Waals surface area contributed by atoms with Gasteiger partial charge in [0.05, 0.1) is 12.9 Å². The van der Waals surface area contributed by atoms with Crippen LogP contribution in [0, 0.1) is 23.5 Å². The first kappa shape index (κ1) is 24.5. The van der Waals surface area contributed by atoms with Crippen LogP contribution < -0.4 is 5.32 Å². The molecule has 1 fully saturated rings. The van der Waals surface area contributed by atoms with Crippen molar-refractivity contribution < 1.29 is 31.5 Å². The number of sulfone groups is 1. The highest BCUT2D eigenvalue weighted by atomic mass is 32.2. The molecule has 35 heavy (non-hydrogen) atoms. The van der Waals surface area contributed by atoms with E-state index in [1.54, 1.807) is 12.1 Å². The standard InChI is InChI=1S/C25H22F2N2O5S/c1-34-25(31)23-18(5-4-6-20(23)26)15-8-9-16(21(27)12-15)13-29-24(30)19-11-17(19)14-35(32,33)22-7-2-3-10-28-22/h2-10,12,17,19H,11,13-14H2,1H3,(H,29,30). The molecule has 0 bridgehead atoms. The fourth-order valence-corrected chi connectivity index (χ4v) is 5.51. The summed E-state index contributed by atoms with van der Waals surface area (Å²) in [5.74, 6) is -3.62. The Morgan fingerprint density at radius 2 is 1.89 bits per heavy atom. The number of benzene rings is 2. The third kappa shape index (κ3) is 5.37. The van der Waals surface area contributed by atoms with Crippen LogP contribution in [0.25, 0.3) is 11.1 Å². The van der Waals surface area contributed by atoms with Gasteiger partial charge in [0.2, 0.25) is 5.91 Å². The van der Waals surface area contributed by atoms with Gasteiger partial charge in [0, 0.05) is 24.2 Å². The molecule has 1 amide bonds. The van der Waals surface area contributed by atoms with Crippen LogP contribution in [-0.4, -0.2) is 38.1 Å². The van der Waals surface area contributed by atoms with Gasteiger partial charge < -0.3 is 10.1 Å². The first-order valence-electron chi connectivity index (χ1n) is 10.8. The van der Waals surface area contributed by atoms with Gasteiger partial charge in [0.25, 0.3) is 0 Å². The lowest BCUT2D eigenvalue weighted by Gasteiger charge is -2.11.